The van der Waals surface area contributed by atoms with Gasteiger partial charge in [-0.05, 0) is 69.3 Å². The molecule has 5 nitrogen and oxygen atoms in total. The molecule has 1 aliphatic rings. The Morgan fingerprint density at radius 2 is 1.73 bits per heavy atom. The quantitative estimate of drug-likeness (QED) is 0.153. The molecule has 1 aromatic rings. The lowest BCUT2D eigenvalue weighted by molar-refractivity contribution is -0.211. The minimum atomic E-state index is -4.81. The predicted octanol–water partition coefficient (Wildman–Crippen LogP) is 7.56. The van der Waals surface area contributed by atoms with Crippen molar-refractivity contribution in [2.45, 2.75) is 38.1 Å². The third kappa shape index (κ3) is 11.5. The van der Waals surface area contributed by atoms with E-state index >= 15 is 0 Å². The number of alkyl halides is 3. The van der Waals surface area contributed by atoms with E-state index in [4.69, 9.17) is 33.7 Å². The van der Waals surface area contributed by atoms with Crippen LogP contribution in [0.4, 0.5) is 13.2 Å². The van der Waals surface area contributed by atoms with Crippen molar-refractivity contribution in [3.05, 3.63) is 112 Å². The number of likely N-dealkylation sites (tertiary alicyclic amines) is 1. The second kappa shape index (κ2) is 17.8. The van der Waals surface area contributed by atoms with Crippen LogP contribution in [-0.2, 0) is 4.74 Å². The number of rotatable bonds is 11. The summed E-state index contributed by atoms with van der Waals surface area (Å²) < 4.78 is 47.8. The van der Waals surface area contributed by atoms with Gasteiger partial charge in [-0.2, -0.15) is 13.2 Å². The van der Waals surface area contributed by atoms with E-state index in [0.29, 0.717) is 17.2 Å². The minimum absolute atomic E-state index is 0.0412. The first kappa shape index (κ1) is 36.2. The summed E-state index contributed by atoms with van der Waals surface area (Å²) in [7, 11) is 5.72. The standard InChI is InChI=1S/C29H34Cl2F3N3O.C2H7N/c1-6-9-15-37-16-13-23(14-17-37)36(5)19-22(8-3)21(7-2)18-26(20(4)35)38-28(29(32,33)34)27-24(30)11-10-12-25(27)31;1-3-2/h7-12,18-19,23,28H,1-3,13-17,35H2,4-5H3;3H,1-2H3/b21-18+,22-19+,26-20-;. The number of hydrogen-bond acceptors (Lipinski definition) is 5. The fourth-order valence-electron chi connectivity index (χ4n) is 4.09. The lowest BCUT2D eigenvalue weighted by atomic mass is 10.0. The zero-order chi connectivity index (χ0) is 31.2. The van der Waals surface area contributed by atoms with E-state index in [1.54, 1.807) is 6.08 Å². The summed E-state index contributed by atoms with van der Waals surface area (Å²) in [5.74, 6) is -0.183. The highest BCUT2D eigenvalue weighted by molar-refractivity contribution is 6.36. The molecule has 0 radical (unpaired) electrons. The summed E-state index contributed by atoms with van der Waals surface area (Å²) in [6, 6.07) is 4.40. The van der Waals surface area contributed by atoms with Gasteiger partial charge in [0.15, 0.2) is 0 Å². The number of nitrogens with two attached hydrogens (primary N) is 1. The average molecular weight is 614 g/mol. The molecule has 0 amide bonds. The Kier molecular flexibility index (Phi) is 15.7. The minimum Gasteiger partial charge on any atom is -0.474 e. The highest BCUT2D eigenvalue weighted by Gasteiger charge is 2.45. The van der Waals surface area contributed by atoms with E-state index in [1.807, 2.05) is 33.4 Å². The van der Waals surface area contributed by atoms with Gasteiger partial charge < -0.3 is 20.7 Å². The molecule has 0 aliphatic carbocycles. The molecule has 1 unspecified atom stereocenters. The van der Waals surface area contributed by atoms with Crippen molar-refractivity contribution >= 4 is 23.2 Å². The Hall–Kier alpha value is -2.87. The second-order valence-electron chi connectivity index (χ2n) is 9.42. The molecule has 41 heavy (non-hydrogen) atoms. The molecule has 1 aliphatic heterocycles. The van der Waals surface area contributed by atoms with Crippen LogP contribution < -0.4 is 11.1 Å². The normalized spacial score (nSPS) is 16.4. The molecule has 1 atom stereocenters. The monoisotopic (exact) mass is 612 g/mol. The largest absolute Gasteiger partial charge is 0.474 e. The average Bonchev–Trinajstić information content (AvgIpc) is 2.91. The van der Waals surface area contributed by atoms with Gasteiger partial charge in [-0.25, -0.2) is 0 Å². The molecule has 1 aromatic carbocycles. The SMILES string of the molecule is C=C=CCN1CCC(N(C)/C=C(C=C)/C(C=C)=C/C(OC(c2c(Cl)cccc2Cl)C(F)(F)F)=C(\C)N)CC1.CNC. The smallest absolute Gasteiger partial charge is 0.429 e. The van der Waals surface area contributed by atoms with Crippen LogP contribution in [-0.4, -0.2) is 62.8 Å². The molecule has 1 saturated heterocycles. The third-order valence-corrected chi connectivity index (χ3v) is 6.88. The number of piperidine rings is 1. The first-order chi connectivity index (χ1) is 19.3. The van der Waals surface area contributed by atoms with E-state index < -0.39 is 12.3 Å². The Labute approximate surface area is 252 Å². The van der Waals surface area contributed by atoms with E-state index in [9.17, 15) is 13.2 Å². The number of nitrogens with zero attached hydrogens (tertiary/aromatic N) is 2. The first-order valence-electron chi connectivity index (χ1n) is 13.0. The lowest BCUT2D eigenvalue weighted by Gasteiger charge is -2.36. The van der Waals surface area contributed by atoms with Crippen molar-refractivity contribution in [1.82, 2.24) is 15.1 Å². The number of allylic oxidation sites excluding steroid dienone is 6. The maximum absolute atomic E-state index is 14.1. The Morgan fingerprint density at radius 1 is 1.20 bits per heavy atom. The van der Waals surface area contributed by atoms with Gasteiger partial charge in [0.2, 0.25) is 6.10 Å². The summed E-state index contributed by atoms with van der Waals surface area (Å²) in [4.78, 5) is 4.42. The molecule has 0 aromatic heterocycles. The Bertz CT molecular complexity index is 1140. The highest BCUT2D eigenvalue weighted by atomic mass is 35.5. The Balaban J connectivity index is 0.00000268. The summed E-state index contributed by atoms with van der Waals surface area (Å²) >= 11 is 12.2. The van der Waals surface area contributed by atoms with E-state index in [2.05, 4.69) is 40.6 Å². The van der Waals surface area contributed by atoms with E-state index in [0.717, 1.165) is 32.5 Å². The zero-order valence-corrected chi connectivity index (χ0v) is 25.7. The van der Waals surface area contributed by atoms with Crippen LogP contribution in [0.3, 0.4) is 0 Å². The molecule has 3 N–H and O–H groups in total. The maximum atomic E-state index is 14.1. The van der Waals surface area contributed by atoms with Gasteiger partial charge >= 0.3 is 6.18 Å². The van der Waals surface area contributed by atoms with Crippen LogP contribution >= 0.6 is 23.2 Å². The number of benzene rings is 1. The van der Waals surface area contributed by atoms with Gasteiger partial charge in [0, 0.05) is 60.2 Å². The first-order valence-corrected chi connectivity index (χ1v) is 13.8. The molecule has 10 heteroatoms. The van der Waals surface area contributed by atoms with Crippen molar-refractivity contribution < 1.29 is 17.9 Å². The summed E-state index contributed by atoms with van der Waals surface area (Å²) in [5, 5.41) is 2.42. The van der Waals surface area contributed by atoms with Crippen LogP contribution in [0, 0.1) is 0 Å². The Morgan fingerprint density at radius 3 is 2.17 bits per heavy atom. The van der Waals surface area contributed by atoms with Crippen molar-refractivity contribution in [3.8, 4) is 0 Å². The van der Waals surface area contributed by atoms with Crippen molar-refractivity contribution in [1.29, 1.82) is 0 Å². The van der Waals surface area contributed by atoms with Crippen molar-refractivity contribution in [2.24, 2.45) is 5.73 Å². The molecule has 0 spiro atoms. The second-order valence-corrected chi connectivity index (χ2v) is 10.2. The van der Waals surface area contributed by atoms with E-state index in [1.165, 1.54) is 37.3 Å². The summed E-state index contributed by atoms with van der Waals surface area (Å²) in [6.07, 6.45) is 3.03. The molecule has 226 valence electrons. The molecule has 2 rings (SSSR count). The maximum Gasteiger partial charge on any atom is 0.429 e. The molecule has 1 fully saturated rings. The summed E-state index contributed by atoms with van der Waals surface area (Å²) in [5.41, 5.74) is 9.56. The fraction of sp³-hybridized carbons (Fsp3) is 0.387. The van der Waals surface area contributed by atoms with Gasteiger partial charge in [-0.3, -0.25) is 4.90 Å². The van der Waals surface area contributed by atoms with Gasteiger partial charge in [0.1, 0.15) is 5.76 Å². The zero-order valence-electron chi connectivity index (χ0n) is 24.2. The fourth-order valence-corrected chi connectivity index (χ4v) is 4.69. The van der Waals surface area contributed by atoms with Crippen LogP contribution in [0.5, 0.6) is 0 Å². The highest BCUT2D eigenvalue weighted by Crippen LogP contribution is 2.43. The third-order valence-electron chi connectivity index (χ3n) is 6.22. The molecular formula is C31H41Cl2F3N4O. The number of ether oxygens (including phenoxy) is 1. The number of hydrogen-bond donors (Lipinski definition) is 2. The van der Waals surface area contributed by atoms with Gasteiger partial charge in [0.05, 0.1) is 0 Å². The van der Waals surface area contributed by atoms with Crippen LogP contribution in [0.1, 0.15) is 31.4 Å². The van der Waals surface area contributed by atoms with Crippen LogP contribution in [0.2, 0.25) is 10.0 Å². The van der Waals surface area contributed by atoms with Crippen LogP contribution in [0.15, 0.2) is 96.8 Å². The van der Waals surface area contributed by atoms with Gasteiger partial charge in [-0.1, -0.05) is 61.2 Å². The predicted molar refractivity (Wildman–Crippen MR) is 166 cm³/mol. The topological polar surface area (TPSA) is 53.8 Å². The van der Waals surface area contributed by atoms with Gasteiger partial charge in [0.25, 0.3) is 0 Å². The molecular weight excluding hydrogens is 572 g/mol. The van der Waals surface area contributed by atoms with Crippen LogP contribution in [0.25, 0.3) is 0 Å². The molecule has 1 heterocycles. The number of nitrogens with one attached hydrogen (secondary N) is 1. The summed E-state index contributed by atoms with van der Waals surface area (Å²) in [6.45, 7) is 15.5. The van der Waals surface area contributed by atoms with E-state index in [-0.39, 0.29) is 27.1 Å². The van der Waals surface area contributed by atoms with Crippen molar-refractivity contribution in [2.75, 3.05) is 40.8 Å². The lowest BCUT2D eigenvalue weighted by Crippen LogP contribution is -2.41. The molecule has 0 bridgehead atoms. The number of halogens is 5. The van der Waals surface area contributed by atoms with Crippen molar-refractivity contribution in [3.63, 3.8) is 0 Å². The molecule has 0 saturated carbocycles. The van der Waals surface area contributed by atoms with Gasteiger partial charge in [-0.15, -0.1) is 5.73 Å².